The van der Waals surface area contributed by atoms with Crippen molar-refractivity contribution in [2.75, 3.05) is 0 Å². The third-order valence-electron chi connectivity index (χ3n) is 2.55. The molecule has 0 heterocycles. The molecular formula is C11H15BrFNO. The summed E-state index contributed by atoms with van der Waals surface area (Å²) in [6.45, 7) is 5.21. The van der Waals surface area contributed by atoms with E-state index < -0.39 is 12.1 Å². The number of aliphatic hydroxyl groups is 1. The molecule has 0 bridgehead atoms. The number of aliphatic hydroxyl groups excluding tert-OH is 1. The first-order valence-electron chi connectivity index (χ1n) is 4.75. The van der Waals surface area contributed by atoms with Crippen LogP contribution in [-0.4, -0.2) is 11.1 Å². The Kier molecular flexibility index (Phi) is 3.87. The van der Waals surface area contributed by atoms with Gasteiger partial charge in [0.15, 0.2) is 0 Å². The van der Waals surface area contributed by atoms with E-state index >= 15 is 0 Å². The summed E-state index contributed by atoms with van der Waals surface area (Å²) in [5.74, 6) is -0.331. The van der Waals surface area contributed by atoms with Gasteiger partial charge in [-0.3, -0.25) is 0 Å². The molecule has 0 amide bonds. The van der Waals surface area contributed by atoms with Gasteiger partial charge < -0.3 is 10.8 Å². The Balaban J connectivity index is 3.32. The van der Waals surface area contributed by atoms with Crippen molar-refractivity contribution in [3.05, 3.63) is 33.0 Å². The molecule has 0 radical (unpaired) electrons. The summed E-state index contributed by atoms with van der Waals surface area (Å²) in [6, 6.07) is 0.932. The van der Waals surface area contributed by atoms with Crippen molar-refractivity contribution in [2.45, 2.75) is 32.9 Å². The minimum atomic E-state index is -0.837. The quantitative estimate of drug-likeness (QED) is 0.872. The third kappa shape index (κ3) is 2.38. The molecule has 84 valence electrons. The average Bonchev–Trinajstić information content (AvgIpc) is 2.19. The van der Waals surface area contributed by atoms with Crippen molar-refractivity contribution in [1.82, 2.24) is 0 Å². The first-order chi connectivity index (χ1) is 6.86. The van der Waals surface area contributed by atoms with Crippen LogP contribution < -0.4 is 5.73 Å². The minimum absolute atomic E-state index is 0.331. The molecule has 1 aromatic carbocycles. The van der Waals surface area contributed by atoms with E-state index in [1.54, 1.807) is 13.8 Å². The Morgan fingerprint density at radius 3 is 2.40 bits per heavy atom. The van der Waals surface area contributed by atoms with E-state index in [2.05, 4.69) is 15.9 Å². The van der Waals surface area contributed by atoms with E-state index in [-0.39, 0.29) is 5.82 Å². The number of benzene rings is 1. The maximum Gasteiger partial charge on any atom is 0.127 e. The Morgan fingerprint density at radius 2 is 1.93 bits per heavy atom. The van der Waals surface area contributed by atoms with Crippen molar-refractivity contribution < 1.29 is 9.50 Å². The second kappa shape index (κ2) is 4.60. The van der Waals surface area contributed by atoms with E-state index in [0.717, 1.165) is 5.56 Å². The zero-order chi connectivity index (χ0) is 11.7. The average molecular weight is 276 g/mol. The third-order valence-corrected chi connectivity index (χ3v) is 3.74. The van der Waals surface area contributed by atoms with Crippen molar-refractivity contribution in [2.24, 2.45) is 5.73 Å². The smallest absolute Gasteiger partial charge is 0.127 e. The standard InChI is InChI=1S/C11H15BrFNO/c1-5-8(11(15)7(3)14)4-9(13)6(2)10(5)12/h4,7,11,15H,14H2,1-3H3. The Labute approximate surface area is 97.4 Å². The Hall–Kier alpha value is -0.450. The highest BCUT2D eigenvalue weighted by atomic mass is 79.9. The van der Waals surface area contributed by atoms with Gasteiger partial charge >= 0.3 is 0 Å². The monoisotopic (exact) mass is 275 g/mol. The van der Waals surface area contributed by atoms with Gasteiger partial charge in [0, 0.05) is 10.5 Å². The molecule has 0 saturated heterocycles. The van der Waals surface area contributed by atoms with Gasteiger partial charge in [0.1, 0.15) is 5.82 Å². The fourth-order valence-electron chi connectivity index (χ4n) is 1.46. The molecule has 0 aromatic heterocycles. The lowest BCUT2D eigenvalue weighted by Crippen LogP contribution is -2.25. The highest BCUT2D eigenvalue weighted by Gasteiger charge is 2.19. The molecule has 2 unspecified atom stereocenters. The van der Waals surface area contributed by atoms with Crippen LogP contribution in [0.1, 0.15) is 29.7 Å². The number of hydrogen-bond acceptors (Lipinski definition) is 2. The molecule has 15 heavy (non-hydrogen) atoms. The number of rotatable bonds is 2. The first kappa shape index (κ1) is 12.6. The lowest BCUT2D eigenvalue weighted by atomic mass is 9.97. The van der Waals surface area contributed by atoms with Gasteiger partial charge in [-0.2, -0.15) is 0 Å². The maximum atomic E-state index is 13.5. The Morgan fingerprint density at radius 1 is 1.40 bits per heavy atom. The Bertz CT molecular complexity index is 379. The molecule has 0 aliphatic carbocycles. The lowest BCUT2D eigenvalue weighted by molar-refractivity contribution is 0.152. The van der Waals surface area contributed by atoms with Crippen LogP contribution in [0.25, 0.3) is 0 Å². The number of nitrogens with two attached hydrogens (primary N) is 1. The van der Waals surface area contributed by atoms with Gasteiger partial charge in [-0.15, -0.1) is 0 Å². The van der Waals surface area contributed by atoms with Crippen LogP contribution in [0, 0.1) is 19.7 Å². The van der Waals surface area contributed by atoms with Crippen molar-refractivity contribution in [3.8, 4) is 0 Å². The lowest BCUT2D eigenvalue weighted by Gasteiger charge is -2.19. The van der Waals surface area contributed by atoms with Gasteiger partial charge in [0.2, 0.25) is 0 Å². The zero-order valence-electron chi connectivity index (χ0n) is 9.01. The van der Waals surface area contributed by atoms with Gasteiger partial charge in [-0.25, -0.2) is 4.39 Å². The molecule has 0 aliphatic rings. The van der Waals surface area contributed by atoms with E-state index in [9.17, 15) is 9.50 Å². The predicted octanol–water partition coefficient (Wildman–Crippen LogP) is 2.59. The molecule has 1 aromatic rings. The summed E-state index contributed by atoms with van der Waals surface area (Å²) in [4.78, 5) is 0. The molecule has 0 spiro atoms. The summed E-state index contributed by atoms with van der Waals surface area (Å²) in [5.41, 5.74) is 7.51. The molecule has 0 aliphatic heterocycles. The van der Waals surface area contributed by atoms with Crippen molar-refractivity contribution >= 4 is 15.9 Å². The topological polar surface area (TPSA) is 46.2 Å². The number of halogens is 2. The molecule has 2 nitrogen and oxygen atoms in total. The van der Waals surface area contributed by atoms with Gasteiger partial charge in [0.05, 0.1) is 6.10 Å². The maximum absolute atomic E-state index is 13.5. The molecule has 0 saturated carbocycles. The molecule has 0 fully saturated rings. The van der Waals surface area contributed by atoms with Gasteiger partial charge in [-0.1, -0.05) is 15.9 Å². The minimum Gasteiger partial charge on any atom is -0.387 e. The van der Waals surface area contributed by atoms with Crippen LogP contribution in [0.15, 0.2) is 10.5 Å². The summed E-state index contributed by atoms with van der Waals surface area (Å²) < 4.78 is 14.2. The predicted molar refractivity (Wildman–Crippen MR) is 62.2 cm³/mol. The largest absolute Gasteiger partial charge is 0.387 e. The molecule has 2 atom stereocenters. The summed E-state index contributed by atoms with van der Waals surface area (Å²) in [7, 11) is 0. The van der Waals surface area contributed by atoms with Crippen LogP contribution >= 0.6 is 15.9 Å². The van der Waals surface area contributed by atoms with Crippen LogP contribution in [-0.2, 0) is 0 Å². The normalized spacial score (nSPS) is 15.1. The van der Waals surface area contributed by atoms with Crippen LogP contribution in [0.3, 0.4) is 0 Å². The second-order valence-corrected chi connectivity index (χ2v) is 4.61. The fourth-order valence-corrected chi connectivity index (χ4v) is 1.87. The summed E-state index contributed by atoms with van der Waals surface area (Å²) >= 11 is 3.31. The number of hydrogen-bond donors (Lipinski definition) is 2. The highest BCUT2D eigenvalue weighted by molar-refractivity contribution is 9.10. The van der Waals surface area contributed by atoms with Crippen molar-refractivity contribution in [3.63, 3.8) is 0 Å². The zero-order valence-corrected chi connectivity index (χ0v) is 10.6. The van der Waals surface area contributed by atoms with E-state index in [0.29, 0.717) is 15.6 Å². The highest BCUT2D eigenvalue weighted by Crippen LogP contribution is 2.30. The van der Waals surface area contributed by atoms with E-state index in [1.807, 2.05) is 6.92 Å². The van der Waals surface area contributed by atoms with Gasteiger partial charge in [0.25, 0.3) is 0 Å². The summed E-state index contributed by atoms with van der Waals surface area (Å²) in [6.07, 6.45) is -0.837. The van der Waals surface area contributed by atoms with Crippen LogP contribution in [0.2, 0.25) is 0 Å². The molecular weight excluding hydrogens is 261 g/mol. The molecule has 1 rings (SSSR count). The van der Waals surface area contributed by atoms with Crippen LogP contribution in [0.5, 0.6) is 0 Å². The molecule has 3 N–H and O–H groups in total. The van der Waals surface area contributed by atoms with Crippen LogP contribution in [0.4, 0.5) is 4.39 Å². The fraction of sp³-hybridized carbons (Fsp3) is 0.455. The van der Waals surface area contributed by atoms with Crippen molar-refractivity contribution in [1.29, 1.82) is 0 Å². The van der Waals surface area contributed by atoms with E-state index in [1.165, 1.54) is 6.07 Å². The van der Waals surface area contributed by atoms with Gasteiger partial charge in [-0.05, 0) is 43.5 Å². The van der Waals surface area contributed by atoms with E-state index in [4.69, 9.17) is 5.73 Å². The second-order valence-electron chi connectivity index (χ2n) is 3.82. The molecule has 4 heteroatoms. The summed E-state index contributed by atoms with van der Waals surface area (Å²) in [5, 5.41) is 9.81. The first-order valence-corrected chi connectivity index (χ1v) is 5.54. The SMILES string of the molecule is Cc1c(F)cc(C(O)C(C)N)c(C)c1Br.